The summed E-state index contributed by atoms with van der Waals surface area (Å²) in [4.78, 5) is 16.8. The molecule has 1 aromatic carbocycles. The third kappa shape index (κ3) is 2.60. The summed E-state index contributed by atoms with van der Waals surface area (Å²) in [6, 6.07) is 1.76. The molecule has 1 heterocycles. The number of ether oxygens (including phenoxy) is 1. The lowest BCUT2D eigenvalue weighted by Gasteiger charge is -2.08. The van der Waals surface area contributed by atoms with Crippen LogP contribution in [0.25, 0.3) is 0 Å². The monoisotopic (exact) mass is 282 g/mol. The largest absolute Gasteiger partial charge is 0.433 e. The Morgan fingerprint density at radius 1 is 1.35 bits per heavy atom. The topological polar surface area (TPSA) is 104 Å². The number of nitrogens with zero attached hydrogens (tertiary/aromatic N) is 3. The molecule has 7 nitrogen and oxygen atoms in total. The van der Waals surface area contributed by atoms with Gasteiger partial charge in [0.05, 0.1) is 17.2 Å². The van der Waals surface area contributed by atoms with Gasteiger partial charge in [-0.05, 0) is 13.0 Å². The fourth-order valence-electron chi connectivity index (χ4n) is 1.46. The zero-order chi connectivity index (χ0) is 14.9. The highest BCUT2D eigenvalue weighted by atomic mass is 19.1. The molecule has 2 aromatic rings. The first-order chi connectivity index (χ1) is 9.38. The summed E-state index contributed by atoms with van der Waals surface area (Å²) in [5.41, 5.74) is 5.02. The van der Waals surface area contributed by atoms with E-state index in [-0.39, 0.29) is 11.5 Å². The van der Waals surface area contributed by atoms with Crippen molar-refractivity contribution < 1.29 is 18.4 Å². The highest BCUT2D eigenvalue weighted by Crippen LogP contribution is 2.30. The Hall–Kier alpha value is -2.84. The number of hydrogen-bond acceptors (Lipinski definition) is 6. The Balaban J connectivity index is 2.42. The van der Waals surface area contributed by atoms with Crippen molar-refractivity contribution in [3.8, 4) is 11.6 Å². The van der Waals surface area contributed by atoms with Gasteiger partial charge in [0.25, 0.3) is 11.6 Å². The van der Waals surface area contributed by atoms with E-state index < -0.39 is 33.9 Å². The molecule has 20 heavy (non-hydrogen) atoms. The van der Waals surface area contributed by atoms with Gasteiger partial charge >= 0.3 is 0 Å². The van der Waals surface area contributed by atoms with Crippen LogP contribution in [0.4, 0.5) is 20.4 Å². The van der Waals surface area contributed by atoms with Crippen LogP contribution in [-0.2, 0) is 0 Å². The lowest BCUT2D eigenvalue weighted by molar-refractivity contribution is -0.385. The van der Waals surface area contributed by atoms with Gasteiger partial charge in [-0.3, -0.25) is 10.1 Å². The number of nitrogens with two attached hydrogens (primary N) is 1. The Kier molecular flexibility index (Phi) is 3.42. The Labute approximate surface area is 111 Å². The molecule has 0 radical (unpaired) electrons. The maximum absolute atomic E-state index is 13.7. The standard InChI is InChI=1S/C11H8F2N4O3/c1-5-2-9(6(12)3-8(5)17(18)19)20-10-7(13)4-15-11(14)16-10/h2-4H,1H3,(H2,14,15,16). The van der Waals surface area contributed by atoms with E-state index in [4.69, 9.17) is 10.5 Å². The highest BCUT2D eigenvalue weighted by molar-refractivity contribution is 5.46. The number of nitro groups is 1. The lowest BCUT2D eigenvalue weighted by atomic mass is 10.2. The van der Waals surface area contributed by atoms with Crippen LogP contribution in [0.2, 0.25) is 0 Å². The number of benzene rings is 1. The van der Waals surface area contributed by atoms with Gasteiger partial charge < -0.3 is 10.5 Å². The van der Waals surface area contributed by atoms with E-state index in [1.165, 1.54) is 6.92 Å². The molecule has 0 spiro atoms. The highest BCUT2D eigenvalue weighted by Gasteiger charge is 2.18. The van der Waals surface area contributed by atoms with Crippen molar-refractivity contribution in [1.29, 1.82) is 0 Å². The van der Waals surface area contributed by atoms with E-state index in [0.717, 1.165) is 12.3 Å². The smallest absolute Gasteiger partial charge is 0.275 e. The minimum absolute atomic E-state index is 0.161. The minimum atomic E-state index is -1.01. The van der Waals surface area contributed by atoms with Crippen LogP contribution in [0, 0.1) is 28.7 Å². The van der Waals surface area contributed by atoms with Gasteiger partial charge in [-0.1, -0.05) is 0 Å². The lowest BCUT2D eigenvalue weighted by Crippen LogP contribution is -2.01. The number of anilines is 1. The number of aromatic nitrogens is 2. The third-order valence-electron chi connectivity index (χ3n) is 2.38. The SMILES string of the molecule is Cc1cc(Oc2nc(N)ncc2F)c(F)cc1[N+](=O)[O-]. The molecule has 1 aromatic heterocycles. The average Bonchev–Trinajstić information content (AvgIpc) is 2.37. The molecule has 0 saturated carbocycles. The zero-order valence-corrected chi connectivity index (χ0v) is 10.1. The summed E-state index contributed by atoms with van der Waals surface area (Å²) in [7, 11) is 0. The maximum atomic E-state index is 13.7. The van der Waals surface area contributed by atoms with Gasteiger partial charge in [0.1, 0.15) is 0 Å². The van der Waals surface area contributed by atoms with Crippen molar-refractivity contribution in [2.45, 2.75) is 6.92 Å². The number of rotatable bonds is 3. The molecule has 2 rings (SSSR count). The van der Waals surface area contributed by atoms with Gasteiger partial charge in [0.15, 0.2) is 11.6 Å². The second-order valence-electron chi connectivity index (χ2n) is 3.81. The van der Waals surface area contributed by atoms with Crippen LogP contribution in [0.1, 0.15) is 5.56 Å². The summed E-state index contributed by atoms with van der Waals surface area (Å²) < 4.78 is 32.0. The molecule has 0 aliphatic rings. The van der Waals surface area contributed by atoms with Crippen molar-refractivity contribution in [3.63, 3.8) is 0 Å². The molecule has 2 N–H and O–H groups in total. The van der Waals surface area contributed by atoms with E-state index in [9.17, 15) is 18.9 Å². The van der Waals surface area contributed by atoms with Crippen molar-refractivity contribution in [2.75, 3.05) is 5.73 Å². The predicted molar refractivity (Wildman–Crippen MR) is 64.3 cm³/mol. The van der Waals surface area contributed by atoms with Crippen molar-refractivity contribution in [3.05, 3.63) is 45.6 Å². The second-order valence-corrected chi connectivity index (χ2v) is 3.81. The minimum Gasteiger partial charge on any atom is -0.433 e. The first-order valence-corrected chi connectivity index (χ1v) is 5.29. The molecule has 104 valence electrons. The van der Waals surface area contributed by atoms with E-state index >= 15 is 0 Å². The molecule has 0 saturated heterocycles. The van der Waals surface area contributed by atoms with Gasteiger partial charge in [0, 0.05) is 5.56 Å². The van der Waals surface area contributed by atoms with E-state index in [2.05, 4.69) is 9.97 Å². The number of nitrogen functional groups attached to an aromatic ring is 1. The quantitative estimate of drug-likeness (QED) is 0.684. The van der Waals surface area contributed by atoms with Crippen LogP contribution in [-0.4, -0.2) is 14.9 Å². The van der Waals surface area contributed by atoms with Gasteiger partial charge in [-0.25, -0.2) is 9.37 Å². The molecule has 0 bridgehead atoms. The molecule has 0 aliphatic carbocycles. The van der Waals surface area contributed by atoms with Crippen LogP contribution in [0.3, 0.4) is 0 Å². The van der Waals surface area contributed by atoms with Gasteiger partial charge in [-0.15, -0.1) is 0 Å². The Morgan fingerprint density at radius 2 is 2.05 bits per heavy atom. The number of halogens is 2. The molecule has 0 fully saturated rings. The van der Waals surface area contributed by atoms with Crippen LogP contribution in [0.5, 0.6) is 11.6 Å². The second kappa shape index (κ2) is 5.03. The van der Waals surface area contributed by atoms with Crippen LogP contribution < -0.4 is 10.5 Å². The van der Waals surface area contributed by atoms with Crippen molar-refractivity contribution in [2.24, 2.45) is 0 Å². The average molecular weight is 282 g/mol. The van der Waals surface area contributed by atoms with Gasteiger partial charge in [-0.2, -0.15) is 9.37 Å². The molecule has 0 atom stereocenters. The van der Waals surface area contributed by atoms with E-state index in [1.807, 2.05) is 0 Å². The first kappa shape index (κ1) is 13.6. The van der Waals surface area contributed by atoms with Crippen molar-refractivity contribution >= 4 is 11.6 Å². The number of hydrogen-bond donors (Lipinski definition) is 1. The molecule has 0 unspecified atom stereocenters. The normalized spacial score (nSPS) is 10.3. The molecule has 0 aliphatic heterocycles. The Bertz CT molecular complexity index is 694. The first-order valence-electron chi connectivity index (χ1n) is 5.29. The summed E-state index contributed by atoms with van der Waals surface area (Å²) in [6.45, 7) is 1.40. The summed E-state index contributed by atoms with van der Waals surface area (Å²) in [5.74, 6) is -3.16. The molecular formula is C11H8F2N4O3. The Morgan fingerprint density at radius 3 is 2.70 bits per heavy atom. The summed E-state index contributed by atoms with van der Waals surface area (Å²) >= 11 is 0. The van der Waals surface area contributed by atoms with Crippen LogP contribution >= 0.6 is 0 Å². The number of aryl methyl sites for hydroxylation is 1. The maximum Gasteiger partial charge on any atom is 0.275 e. The molecular weight excluding hydrogens is 274 g/mol. The van der Waals surface area contributed by atoms with Gasteiger partial charge in [0.2, 0.25) is 11.8 Å². The summed E-state index contributed by atoms with van der Waals surface area (Å²) in [6.07, 6.45) is 0.772. The van der Waals surface area contributed by atoms with Crippen molar-refractivity contribution in [1.82, 2.24) is 9.97 Å². The fourth-order valence-corrected chi connectivity index (χ4v) is 1.46. The van der Waals surface area contributed by atoms with Crippen LogP contribution in [0.15, 0.2) is 18.3 Å². The number of nitro benzene ring substituents is 1. The molecule has 0 amide bonds. The van der Waals surface area contributed by atoms with E-state index in [1.54, 1.807) is 0 Å². The summed E-state index contributed by atoms with van der Waals surface area (Å²) in [5, 5.41) is 10.6. The molecule has 9 heteroatoms. The fraction of sp³-hybridized carbons (Fsp3) is 0.0909. The third-order valence-corrected chi connectivity index (χ3v) is 2.38. The predicted octanol–water partition coefficient (Wildman–Crippen LogP) is 2.35. The van der Waals surface area contributed by atoms with E-state index in [0.29, 0.717) is 6.07 Å². The zero-order valence-electron chi connectivity index (χ0n) is 10.1.